The highest BCUT2D eigenvalue weighted by atomic mass is 19.1. The number of hydrogen-bond acceptors (Lipinski definition) is 1. The van der Waals surface area contributed by atoms with Gasteiger partial charge in [0.2, 0.25) is 0 Å². The van der Waals surface area contributed by atoms with Gasteiger partial charge in [-0.2, -0.15) is 0 Å². The van der Waals surface area contributed by atoms with Crippen LogP contribution >= 0.6 is 0 Å². The van der Waals surface area contributed by atoms with E-state index in [4.69, 9.17) is 0 Å². The molecular formula is C11H13FN2O. The first kappa shape index (κ1) is 8.95. The molecule has 0 saturated heterocycles. The topological polar surface area (TPSA) is 34.0 Å². The standard InChI is InChI=1S/C11H13FN2O/c12-9-7-3-1-2-4-8(7)14-6-5-13-11(15)10(9)14/h1-6H2,(H,13,15). The summed E-state index contributed by atoms with van der Waals surface area (Å²) in [4.78, 5) is 11.6. The molecule has 1 aliphatic heterocycles. The molecule has 1 N–H and O–H groups in total. The Kier molecular flexibility index (Phi) is 1.84. The van der Waals surface area contributed by atoms with Gasteiger partial charge in [-0.3, -0.25) is 4.79 Å². The largest absolute Gasteiger partial charge is 0.349 e. The van der Waals surface area contributed by atoms with E-state index in [1.165, 1.54) is 0 Å². The Balaban J connectivity index is 2.23. The summed E-state index contributed by atoms with van der Waals surface area (Å²) in [5, 5.41) is 2.69. The first-order chi connectivity index (χ1) is 7.29. The normalized spacial score (nSPS) is 19.4. The zero-order valence-corrected chi connectivity index (χ0v) is 8.48. The fourth-order valence-electron chi connectivity index (χ4n) is 2.65. The number of amides is 1. The Morgan fingerprint density at radius 1 is 1.27 bits per heavy atom. The molecule has 1 aromatic heterocycles. The highest BCUT2D eigenvalue weighted by molar-refractivity contribution is 5.94. The molecule has 0 aromatic carbocycles. The van der Waals surface area contributed by atoms with Gasteiger partial charge in [0.05, 0.1) is 0 Å². The number of hydrogen-bond donors (Lipinski definition) is 1. The van der Waals surface area contributed by atoms with Crippen LogP contribution in [0.2, 0.25) is 0 Å². The molecule has 3 rings (SSSR count). The van der Waals surface area contributed by atoms with Gasteiger partial charge >= 0.3 is 0 Å². The quantitative estimate of drug-likeness (QED) is 0.684. The van der Waals surface area contributed by atoms with E-state index in [1.54, 1.807) is 0 Å². The summed E-state index contributed by atoms with van der Waals surface area (Å²) in [6.45, 7) is 1.33. The second-order valence-electron chi connectivity index (χ2n) is 4.20. The maximum Gasteiger partial charge on any atom is 0.271 e. The van der Waals surface area contributed by atoms with Crippen molar-refractivity contribution in [3.8, 4) is 0 Å². The Hall–Kier alpha value is -1.32. The third kappa shape index (κ3) is 1.14. The third-order valence-electron chi connectivity index (χ3n) is 3.34. The highest BCUT2D eigenvalue weighted by Gasteiger charge is 2.30. The Bertz CT molecular complexity index is 436. The minimum atomic E-state index is -0.276. The average Bonchev–Trinajstić information content (AvgIpc) is 2.55. The van der Waals surface area contributed by atoms with Gasteiger partial charge in [-0.25, -0.2) is 4.39 Å². The molecule has 1 amide bonds. The van der Waals surface area contributed by atoms with Crippen molar-refractivity contribution in [3.63, 3.8) is 0 Å². The number of carbonyl (C=O) groups excluding carboxylic acids is 1. The molecule has 15 heavy (non-hydrogen) atoms. The lowest BCUT2D eigenvalue weighted by atomic mass is 9.97. The predicted octanol–water partition coefficient (Wildman–Crippen LogP) is 1.25. The third-order valence-corrected chi connectivity index (χ3v) is 3.34. The maximum absolute atomic E-state index is 14.0. The fraction of sp³-hybridized carbons (Fsp3) is 0.545. The molecule has 80 valence electrons. The van der Waals surface area contributed by atoms with Gasteiger partial charge in [0.25, 0.3) is 5.91 Å². The van der Waals surface area contributed by atoms with Gasteiger partial charge in [0.1, 0.15) is 5.69 Å². The lowest BCUT2D eigenvalue weighted by molar-refractivity contribution is 0.0922. The molecule has 0 bridgehead atoms. The Morgan fingerprint density at radius 3 is 2.93 bits per heavy atom. The van der Waals surface area contributed by atoms with Crippen molar-refractivity contribution in [1.29, 1.82) is 0 Å². The van der Waals surface area contributed by atoms with Gasteiger partial charge in [-0.05, 0) is 25.7 Å². The van der Waals surface area contributed by atoms with Crippen molar-refractivity contribution in [2.45, 2.75) is 32.2 Å². The molecule has 2 aliphatic rings. The molecule has 0 radical (unpaired) electrons. The zero-order valence-electron chi connectivity index (χ0n) is 8.48. The molecule has 0 unspecified atom stereocenters. The number of carbonyl (C=O) groups is 1. The summed E-state index contributed by atoms with van der Waals surface area (Å²) in [5.41, 5.74) is 2.10. The number of nitrogens with one attached hydrogen (secondary N) is 1. The van der Waals surface area contributed by atoms with E-state index in [2.05, 4.69) is 5.32 Å². The number of fused-ring (bicyclic) bond motifs is 3. The summed E-state index contributed by atoms with van der Waals surface area (Å²) in [6.07, 6.45) is 3.85. The second kappa shape index (κ2) is 3.08. The minimum Gasteiger partial charge on any atom is -0.349 e. The zero-order chi connectivity index (χ0) is 10.4. The van der Waals surface area contributed by atoms with Crippen LogP contribution in [0.3, 0.4) is 0 Å². The predicted molar refractivity (Wildman–Crippen MR) is 53.4 cm³/mol. The van der Waals surface area contributed by atoms with Gasteiger partial charge in [0.15, 0.2) is 5.82 Å². The minimum absolute atomic E-state index is 0.256. The van der Waals surface area contributed by atoms with Gasteiger partial charge in [0, 0.05) is 24.3 Å². The smallest absolute Gasteiger partial charge is 0.271 e. The van der Waals surface area contributed by atoms with Crippen LogP contribution in [0.5, 0.6) is 0 Å². The summed E-state index contributed by atoms with van der Waals surface area (Å²) in [6, 6.07) is 0. The molecule has 0 atom stereocenters. The van der Waals surface area contributed by atoms with Crippen LogP contribution in [0.1, 0.15) is 34.6 Å². The number of rotatable bonds is 0. The van der Waals surface area contributed by atoms with Crippen molar-refractivity contribution in [2.75, 3.05) is 6.54 Å². The summed E-state index contributed by atoms with van der Waals surface area (Å²) < 4.78 is 15.8. The monoisotopic (exact) mass is 208 g/mol. The van der Waals surface area contributed by atoms with Crippen molar-refractivity contribution in [3.05, 3.63) is 22.8 Å². The number of halogens is 1. The molecule has 0 saturated carbocycles. The van der Waals surface area contributed by atoms with Crippen LogP contribution in [-0.4, -0.2) is 17.0 Å². The second-order valence-corrected chi connectivity index (χ2v) is 4.20. The van der Waals surface area contributed by atoms with E-state index >= 15 is 0 Å². The summed E-state index contributed by atoms with van der Waals surface area (Å²) >= 11 is 0. The van der Waals surface area contributed by atoms with Crippen molar-refractivity contribution in [1.82, 2.24) is 9.88 Å². The van der Waals surface area contributed by atoms with E-state index in [1.807, 2.05) is 4.57 Å². The number of nitrogens with zero attached hydrogens (tertiary/aromatic N) is 1. The van der Waals surface area contributed by atoms with Crippen LogP contribution in [0, 0.1) is 5.82 Å². The van der Waals surface area contributed by atoms with Gasteiger partial charge < -0.3 is 9.88 Å². The lowest BCUT2D eigenvalue weighted by Gasteiger charge is -2.19. The molecule has 3 nitrogen and oxygen atoms in total. The van der Waals surface area contributed by atoms with E-state index in [9.17, 15) is 9.18 Å². The molecule has 0 fully saturated rings. The molecule has 1 aromatic rings. The highest BCUT2D eigenvalue weighted by Crippen LogP contribution is 2.29. The molecular weight excluding hydrogens is 195 g/mol. The maximum atomic E-state index is 14.0. The molecule has 4 heteroatoms. The van der Waals surface area contributed by atoms with Crippen LogP contribution < -0.4 is 5.32 Å². The van der Waals surface area contributed by atoms with E-state index in [-0.39, 0.29) is 17.4 Å². The van der Waals surface area contributed by atoms with Crippen molar-refractivity contribution in [2.24, 2.45) is 0 Å². The number of aromatic nitrogens is 1. The van der Waals surface area contributed by atoms with E-state index < -0.39 is 0 Å². The first-order valence-corrected chi connectivity index (χ1v) is 5.47. The van der Waals surface area contributed by atoms with Gasteiger partial charge in [-0.15, -0.1) is 0 Å². The Morgan fingerprint density at radius 2 is 2.07 bits per heavy atom. The van der Waals surface area contributed by atoms with Crippen molar-refractivity contribution < 1.29 is 9.18 Å². The molecule has 0 spiro atoms. The van der Waals surface area contributed by atoms with Crippen LogP contribution in [0.4, 0.5) is 4.39 Å². The van der Waals surface area contributed by atoms with Crippen LogP contribution in [0.25, 0.3) is 0 Å². The van der Waals surface area contributed by atoms with E-state index in [0.717, 1.165) is 36.9 Å². The van der Waals surface area contributed by atoms with Crippen LogP contribution in [-0.2, 0) is 19.4 Å². The molecule has 2 heterocycles. The Labute approximate surface area is 87.3 Å². The van der Waals surface area contributed by atoms with Crippen molar-refractivity contribution >= 4 is 5.91 Å². The average molecular weight is 208 g/mol. The summed E-state index contributed by atoms with van der Waals surface area (Å²) in [5.74, 6) is -0.532. The molecule has 1 aliphatic carbocycles. The lowest BCUT2D eigenvalue weighted by Crippen LogP contribution is -2.36. The SMILES string of the molecule is O=C1NCCn2c3c(c(F)c21)CCCC3. The fourth-order valence-corrected chi connectivity index (χ4v) is 2.65. The van der Waals surface area contributed by atoms with E-state index in [0.29, 0.717) is 13.1 Å². The van der Waals surface area contributed by atoms with Gasteiger partial charge in [-0.1, -0.05) is 0 Å². The first-order valence-electron chi connectivity index (χ1n) is 5.47. The van der Waals surface area contributed by atoms with Crippen LogP contribution in [0.15, 0.2) is 0 Å². The summed E-state index contributed by atoms with van der Waals surface area (Å²) in [7, 11) is 0.